The van der Waals surface area contributed by atoms with E-state index in [2.05, 4.69) is 15.1 Å². The summed E-state index contributed by atoms with van der Waals surface area (Å²) in [5.74, 6) is 0.217. The highest BCUT2D eigenvalue weighted by atomic mass is 19.4. The van der Waals surface area contributed by atoms with E-state index in [0.717, 1.165) is 17.3 Å². The van der Waals surface area contributed by atoms with Crippen molar-refractivity contribution < 1.29 is 18.0 Å². The van der Waals surface area contributed by atoms with Gasteiger partial charge in [-0.25, -0.2) is 4.98 Å². The number of fused-ring (bicyclic) bond motifs is 2. The molecule has 3 heterocycles. The maximum Gasteiger partial charge on any atom is 0.432 e. The van der Waals surface area contributed by atoms with Crippen molar-refractivity contribution in [1.82, 2.24) is 20.2 Å². The number of halogens is 3. The van der Waals surface area contributed by atoms with Crippen molar-refractivity contribution in [3.05, 3.63) is 29.5 Å². The molecule has 1 aromatic carbocycles. The number of nitrogens with zero attached hydrogens (tertiary/aromatic N) is 3. The van der Waals surface area contributed by atoms with Crippen LogP contribution >= 0.6 is 0 Å². The summed E-state index contributed by atoms with van der Waals surface area (Å²) < 4.78 is 38.1. The molecule has 25 heavy (non-hydrogen) atoms. The van der Waals surface area contributed by atoms with Crippen molar-refractivity contribution in [3.63, 3.8) is 0 Å². The van der Waals surface area contributed by atoms with Gasteiger partial charge < -0.3 is 9.88 Å². The Balaban J connectivity index is 1.83. The van der Waals surface area contributed by atoms with Crippen molar-refractivity contribution >= 4 is 22.6 Å². The van der Waals surface area contributed by atoms with Crippen LogP contribution in [0.3, 0.4) is 0 Å². The highest BCUT2D eigenvalue weighted by Crippen LogP contribution is 2.42. The van der Waals surface area contributed by atoms with Crippen molar-refractivity contribution in [2.75, 3.05) is 11.9 Å². The minimum absolute atomic E-state index is 0.0162. The molecule has 9 heteroatoms. The lowest BCUT2D eigenvalue weighted by atomic mass is 9.86. The van der Waals surface area contributed by atoms with Gasteiger partial charge in [-0.1, -0.05) is 0 Å². The standard InChI is InChI=1S/C16H14F3N5O/c1-15(2)7-4-8-9(5-11(7)24(3)14(15)25)21-13(20-8)10-6-12(23-22-10)16(17,18)19/h4-6H,1-3H3,(H,20,21)(H,22,23). The van der Waals surface area contributed by atoms with E-state index in [-0.39, 0.29) is 17.4 Å². The zero-order valence-corrected chi connectivity index (χ0v) is 13.6. The molecule has 3 aromatic rings. The number of benzene rings is 1. The number of carbonyl (C=O) groups is 1. The Hall–Kier alpha value is -2.84. The highest BCUT2D eigenvalue weighted by Gasteiger charge is 2.42. The van der Waals surface area contributed by atoms with E-state index in [9.17, 15) is 18.0 Å². The molecule has 0 unspecified atom stereocenters. The molecule has 0 radical (unpaired) electrons. The molecule has 1 aliphatic rings. The van der Waals surface area contributed by atoms with E-state index >= 15 is 0 Å². The van der Waals surface area contributed by atoms with Gasteiger partial charge in [0.1, 0.15) is 11.4 Å². The number of hydrogen-bond donors (Lipinski definition) is 2. The third kappa shape index (κ3) is 2.15. The summed E-state index contributed by atoms with van der Waals surface area (Å²) in [5.41, 5.74) is 1.27. The van der Waals surface area contributed by atoms with Gasteiger partial charge in [0.05, 0.1) is 16.4 Å². The fraction of sp³-hybridized carbons (Fsp3) is 0.312. The summed E-state index contributed by atoms with van der Waals surface area (Å²) in [6.07, 6.45) is -4.49. The topological polar surface area (TPSA) is 77.7 Å². The summed E-state index contributed by atoms with van der Waals surface area (Å²) in [6.45, 7) is 3.67. The van der Waals surface area contributed by atoms with Crippen LogP contribution < -0.4 is 4.90 Å². The predicted octanol–water partition coefficient (Wildman–Crippen LogP) is 3.23. The third-order valence-corrected chi connectivity index (χ3v) is 4.60. The van der Waals surface area contributed by atoms with Crippen molar-refractivity contribution in [1.29, 1.82) is 0 Å². The molecular weight excluding hydrogens is 335 g/mol. The van der Waals surface area contributed by atoms with Gasteiger partial charge in [0, 0.05) is 12.7 Å². The first-order valence-electron chi connectivity index (χ1n) is 7.54. The second-order valence-corrected chi connectivity index (χ2v) is 6.63. The molecule has 130 valence electrons. The number of nitrogens with one attached hydrogen (secondary N) is 2. The second-order valence-electron chi connectivity index (χ2n) is 6.63. The van der Waals surface area contributed by atoms with Crippen molar-refractivity contribution in [3.8, 4) is 11.5 Å². The zero-order chi connectivity index (χ0) is 18.1. The summed E-state index contributed by atoms with van der Waals surface area (Å²) in [4.78, 5) is 21.2. The van der Waals surface area contributed by atoms with E-state index in [4.69, 9.17) is 0 Å². The quantitative estimate of drug-likeness (QED) is 0.708. The molecule has 4 rings (SSSR count). The monoisotopic (exact) mass is 349 g/mol. The lowest BCUT2D eigenvalue weighted by molar-refractivity contribution is -0.141. The van der Waals surface area contributed by atoms with Crippen LogP contribution in [0.5, 0.6) is 0 Å². The molecule has 0 aliphatic carbocycles. The largest absolute Gasteiger partial charge is 0.432 e. The number of imidazole rings is 1. The average molecular weight is 349 g/mol. The number of likely N-dealkylation sites (N-methyl/N-ethyl adjacent to an activating group) is 1. The average Bonchev–Trinajstić information content (AvgIpc) is 3.20. The van der Waals surface area contributed by atoms with Gasteiger partial charge in [0.15, 0.2) is 5.82 Å². The number of amides is 1. The number of aromatic nitrogens is 4. The summed E-state index contributed by atoms with van der Waals surface area (Å²) in [6, 6.07) is 4.49. The zero-order valence-electron chi connectivity index (χ0n) is 13.6. The fourth-order valence-electron chi connectivity index (χ4n) is 3.18. The molecule has 0 atom stereocenters. The second kappa shape index (κ2) is 4.62. The smallest absolute Gasteiger partial charge is 0.337 e. The first-order chi connectivity index (χ1) is 11.6. The molecule has 0 saturated heterocycles. The molecule has 2 N–H and O–H groups in total. The van der Waals surface area contributed by atoms with E-state index < -0.39 is 17.3 Å². The lowest BCUT2D eigenvalue weighted by Gasteiger charge is -2.16. The molecule has 2 aromatic heterocycles. The number of anilines is 1. The normalized spacial score (nSPS) is 16.7. The molecule has 0 saturated carbocycles. The van der Waals surface area contributed by atoms with Gasteiger partial charge in [0.25, 0.3) is 0 Å². The Morgan fingerprint density at radius 3 is 2.56 bits per heavy atom. The molecule has 0 fully saturated rings. The van der Waals surface area contributed by atoms with Crippen LogP contribution in [0.4, 0.5) is 18.9 Å². The first kappa shape index (κ1) is 15.7. The maximum absolute atomic E-state index is 12.7. The van der Waals surface area contributed by atoms with Crippen LogP contribution in [-0.4, -0.2) is 33.1 Å². The van der Waals surface area contributed by atoms with Crippen LogP contribution in [0.15, 0.2) is 18.2 Å². The van der Waals surface area contributed by atoms with Crippen LogP contribution in [0, 0.1) is 0 Å². The van der Waals surface area contributed by atoms with Gasteiger partial charge in [-0.05, 0) is 37.6 Å². The molecule has 6 nitrogen and oxygen atoms in total. The summed E-state index contributed by atoms with van der Waals surface area (Å²) in [5, 5.41) is 5.65. The Bertz CT molecular complexity index is 1010. The molecule has 0 spiro atoms. The number of H-pyrrole nitrogens is 2. The lowest BCUT2D eigenvalue weighted by Crippen LogP contribution is -2.33. The maximum atomic E-state index is 12.7. The Morgan fingerprint density at radius 2 is 1.92 bits per heavy atom. The van der Waals surface area contributed by atoms with Crippen molar-refractivity contribution in [2.24, 2.45) is 0 Å². The van der Waals surface area contributed by atoms with Gasteiger partial charge in [-0.2, -0.15) is 18.3 Å². The number of hydrogen-bond acceptors (Lipinski definition) is 3. The minimum Gasteiger partial charge on any atom is -0.337 e. The molecule has 1 aliphatic heterocycles. The number of aromatic amines is 2. The molecule has 0 bridgehead atoms. The van der Waals surface area contributed by atoms with Gasteiger partial charge in [0.2, 0.25) is 5.91 Å². The van der Waals surface area contributed by atoms with Crippen LogP contribution in [0.2, 0.25) is 0 Å². The summed E-state index contributed by atoms with van der Waals surface area (Å²) >= 11 is 0. The van der Waals surface area contributed by atoms with Crippen molar-refractivity contribution in [2.45, 2.75) is 25.4 Å². The number of alkyl halides is 3. The minimum atomic E-state index is -4.49. The van der Waals surface area contributed by atoms with E-state index in [1.54, 1.807) is 18.0 Å². The SMILES string of the molecule is CN1C(=O)C(C)(C)c2cc3[nH]c(-c4cc(C(F)(F)F)[nH]n4)nc3cc21. The highest BCUT2D eigenvalue weighted by molar-refractivity contribution is 6.09. The van der Waals surface area contributed by atoms with E-state index in [1.165, 1.54) is 0 Å². The Kier molecular flexibility index (Phi) is 2.89. The van der Waals surface area contributed by atoms with Crippen LogP contribution in [0.1, 0.15) is 25.1 Å². The first-order valence-corrected chi connectivity index (χ1v) is 7.54. The van der Waals surface area contributed by atoms with Gasteiger partial charge in [-0.15, -0.1) is 0 Å². The Morgan fingerprint density at radius 1 is 1.20 bits per heavy atom. The fourth-order valence-corrected chi connectivity index (χ4v) is 3.18. The predicted molar refractivity (Wildman–Crippen MR) is 85.1 cm³/mol. The van der Waals surface area contributed by atoms with Gasteiger partial charge in [-0.3, -0.25) is 9.89 Å². The third-order valence-electron chi connectivity index (χ3n) is 4.60. The molecule has 1 amide bonds. The molecular formula is C16H14F3N5O. The number of carbonyl (C=O) groups excluding carboxylic acids is 1. The van der Waals surface area contributed by atoms with E-state index in [0.29, 0.717) is 11.0 Å². The van der Waals surface area contributed by atoms with Gasteiger partial charge >= 0.3 is 6.18 Å². The Labute approximate surface area is 140 Å². The van der Waals surface area contributed by atoms with Crippen LogP contribution in [-0.2, 0) is 16.4 Å². The van der Waals surface area contributed by atoms with E-state index in [1.807, 2.05) is 25.0 Å². The number of rotatable bonds is 1. The van der Waals surface area contributed by atoms with Crippen LogP contribution in [0.25, 0.3) is 22.6 Å². The summed E-state index contributed by atoms with van der Waals surface area (Å²) in [7, 11) is 1.69.